The van der Waals surface area contributed by atoms with Gasteiger partial charge in [-0.25, -0.2) is 8.42 Å². The van der Waals surface area contributed by atoms with Crippen LogP contribution in [0.15, 0.2) is 60.0 Å². The van der Waals surface area contributed by atoms with Gasteiger partial charge in [-0.3, -0.25) is 4.79 Å². The quantitative estimate of drug-likeness (QED) is 0.695. The third-order valence-electron chi connectivity index (χ3n) is 5.20. The topological polar surface area (TPSA) is 66.5 Å². The van der Waals surface area contributed by atoms with Crippen molar-refractivity contribution in [2.75, 3.05) is 17.7 Å². The highest BCUT2D eigenvalue weighted by molar-refractivity contribution is 7.93. The maximum atomic E-state index is 12.5. The van der Waals surface area contributed by atoms with Crippen LogP contribution in [0.1, 0.15) is 48.1 Å². The summed E-state index contributed by atoms with van der Waals surface area (Å²) in [6.07, 6.45) is 5.89. The summed E-state index contributed by atoms with van der Waals surface area (Å²) in [5.74, 6) is -0.242. The average molecular weight is 447 g/mol. The number of piperidine rings is 1. The van der Waals surface area contributed by atoms with Crippen LogP contribution in [-0.4, -0.2) is 33.2 Å². The predicted molar refractivity (Wildman–Crippen MR) is 123 cm³/mol. The Morgan fingerprint density at radius 2 is 1.87 bits per heavy atom. The Bertz CT molecular complexity index is 1020. The Morgan fingerprint density at radius 3 is 2.53 bits per heavy atom. The highest BCUT2D eigenvalue weighted by Crippen LogP contribution is 2.37. The number of carbonyl (C=O) groups is 1. The van der Waals surface area contributed by atoms with Crippen LogP contribution in [0.5, 0.6) is 0 Å². The molecule has 160 valence electrons. The van der Waals surface area contributed by atoms with E-state index in [0.29, 0.717) is 5.56 Å². The summed E-state index contributed by atoms with van der Waals surface area (Å²) in [7, 11) is -3.22. The fourth-order valence-corrected chi connectivity index (χ4v) is 4.50. The van der Waals surface area contributed by atoms with E-state index < -0.39 is 15.9 Å². The molecule has 1 N–H and O–H groups in total. The van der Waals surface area contributed by atoms with Gasteiger partial charge in [-0.15, -0.1) is 0 Å². The van der Waals surface area contributed by atoms with Gasteiger partial charge in [-0.1, -0.05) is 35.9 Å². The molecule has 0 saturated carbocycles. The molecule has 1 fully saturated rings. The summed E-state index contributed by atoms with van der Waals surface area (Å²) in [6.45, 7) is 2.67. The van der Waals surface area contributed by atoms with E-state index in [1.165, 1.54) is 6.08 Å². The van der Waals surface area contributed by atoms with Crippen molar-refractivity contribution in [1.82, 2.24) is 5.32 Å². The van der Waals surface area contributed by atoms with E-state index in [-0.39, 0.29) is 11.9 Å². The number of nitrogens with one attached hydrogen (secondary N) is 1. The van der Waals surface area contributed by atoms with Gasteiger partial charge in [0.05, 0.1) is 6.04 Å². The fraction of sp³-hybridized carbons (Fsp3) is 0.348. The fourth-order valence-electron chi connectivity index (χ4n) is 3.71. The Morgan fingerprint density at radius 1 is 1.17 bits per heavy atom. The molecule has 2 atom stereocenters. The molecule has 30 heavy (non-hydrogen) atoms. The van der Waals surface area contributed by atoms with E-state index >= 15 is 0 Å². The lowest BCUT2D eigenvalue weighted by Gasteiger charge is -2.38. The van der Waals surface area contributed by atoms with Crippen LogP contribution >= 0.6 is 11.6 Å². The van der Waals surface area contributed by atoms with Gasteiger partial charge in [0.2, 0.25) is 0 Å². The number of sulfone groups is 1. The molecule has 1 amide bonds. The molecule has 0 radical (unpaired) electrons. The summed E-state index contributed by atoms with van der Waals surface area (Å²) < 4.78 is 22.4. The zero-order chi connectivity index (χ0) is 21.7. The van der Waals surface area contributed by atoms with Crippen molar-refractivity contribution >= 4 is 33.0 Å². The van der Waals surface area contributed by atoms with Gasteiger partial charge in [0.15, 0.2) is 9.84 Å². The molecule has 0 aromatic heterocycles. The minimum Gasteiger partial charge on any atom is -0.364 e. The highest BCUT2D eigenvalue weighted by atomic mass is 35.5. The molecule has 5 nitrogen and oxygen atoms in total. The summed E-state index contributed by atoms with van der Waals surface area (Å²) in [5, 5.41) is 4.67. The van der Waals surface area contributed by atoms with Crippen LogP contribution in [0, 0.1) is 0 Å². The van der Waals surface area contributed by atoms with Crippen molar-refractivity contribution in [2.45, 2.75) is 38.3 Å². The van der Waals surface area contributed by atoms with Gasteiger partial charge in [-0.2, -0.15) is 0 Å². The van der Waals surface area contributed by atoms with Crippen LogP contribution in [0.4, 0.5) is 5.69 Å². The van der Waals surface area contributed by atoms with E-state index in [4.69, 9.17) is 11.6 Å². The maximum Gasteiger partial charge on any atom is 0.251 e. The number of carbonyl (C=O) groups excluding carboxylic acids is 1. The van der Waals surface area contributed by atoms with Crippen molar-refractivity contribution < 1.29 is 13.2 Å². The first-order valence-corrected chi connectivity index (χ1v) is 12.4. The standard InChI is InChI=1S/C23H27ClN2O3S/c1-17(14-16-30(2,28)29)25-23(27)18-10-12-19(13-11-18)26-15-6-5-9-22(26)20-7-3-4-8-21(20)24/h3-4,7-8,10-14,16-17,22H,5-6,9,15H2,1-2H3,(H,25,27)/b16-14+/t17-,22?/m1/s1. The van der Waals surface area contributed by atoms with E-state index in [1.54, 1.807) is 19.1 Å². The van der Waals surface area contributed by atoms with Gasteiger partial charge >= 0.3 is 0 Å². The van der Waals surface area contributed by atoms with Crippen LogP contribution in [0.2, 0.25) is 5.02 Å². The van der Waals surface area contributed by atoms with Crippen LogP contribution < -0.4 is 10.2 Å². The van der Waals surface area contributed by atoms with E-state index in [0.717, 1.165) is 53.7 Å². The lowest BCUT2D eigenvalue weighted by atomic mass is 9.94. The number of amides is 1. The van der Waals surface area contributed by atoms with Crippen molar-refractivity contribution in [3.63, 3.8) is 0 Å². The molecule has 1 aliphatic rings. The number of rotatable bonds is 6. The normalized spacial score (nSPS) is 18.4. The van der Waals surface area contributed by atoms with Gasteiger partial charge in [0.25, 0.3) is 5.91 Å². The van der Waals surface area contributed by atoms with Crippen LogP contribution in [0.25, 0.3) is 0 Å². The largest absolute Gasteiger partial charge is 0.364 e. The molecule has 0 aliphatic carbocycles. The number of halogens is 1. The van der Waals surface area contributed by atoms with E-state index in [2.05, 4.69) is 16.3 Å². The number of hydrogen-bond donors (Lipinski definition) is 1. The SMILES string of the molecule is C[C@H](/C=C/S(C)(=O)=O)NC(=O)c1ccc(N2CCCCC2c2ccccc2Cl)cc1. The second-order valence-electron chi connectivity index (χ2n) is 7.69. The Kier molecular flexibility index (Phi) is 7.21. The summed E-state index contributed by atoms with van der Waals surface area (Å²) >= 11 is 6.46. The van der Waals surface area contributed by atoms with E-state index in [1.807, 2.05) is 30.3 Å². The molecule has 1 saturated heterocycles. The van der Waals surface area contributed by atoms with Crippen molar-refractivity contribution in [3.8, 4) is 0 Å². The second kappa shape index (κ2) is 9.67. The molecule has 1 unspecified atom stereocenters. The number of anilines is 1. The molecule has 7 heteroatoms. The second-order valence-corrected chi connectivity index (χ2v) is 10.0. The number of nitrogens with zero attached hydrogens (tertiary/aromatic N) is 1. The molecular weight excluding hydrogens is 420 g/mol. The van der Waals surface area contributed by atoms with E-state index in [9.17, 15) is 13.2 Å². The van der Waals surface area contributed by atoms with Crippen LogP contribution in [-0.2, 0) is 9.84 Å². The average Bonchev–Trinajstić information content (AvgIpc) is 2.72. The van der Waals surface area contributed by atoms with Crippen molar-refractivity contribution in [3.05, 3.63) is 76.2 Å². The smallest absolute Gasteiger partial charge is 0.251 e. The Labute approximate surface area is 183 Å². The third-order valence-corrected chi connectivity index (χ3v) is 6.20. The first-order chi connectivity index (χ1) is 14.2. The molecule has 0 spiro atoms. The lowest BCUT2D eigenvalue weighted by Crippen LogP contribution is -2.34. The minimum absolute atomic E-state index is 0.216. The zero-order valence-corrected chi connectivity index (χ0v) is 18.8. The first kappa shape index (κ1) is 22.4. The summed E-state index contributed by atoms with van der Waals surface area (Å²) in [6, 6.07) is 15.3. The Balaban J connectivity index is 1.73. The molecule has 3 rings (SSSR count). The summed E-state index contributed by atoms with van der Waals surface area (Å²) in [5.41, 5.74) is 2.72. The first-order valence-electron chi connectivity index (χ1n) is 10.0. The van der Waals surface area contributed by atoms with Crippen molar-refractivity contribution in [1.29, 1.82) is 0 Å². The molecule has 1 heterocycles. The monoisotopic (exact) mass is 446 g/mol. The molecule has 0 bridgehead atoms. The molecular formula is C23H27ClN2O3S. The number of benzene rings is 2. The zero-order valence-electron chi connectivity index (χ0n) is 17.2. The maximum absolute atomic E-state index is 12.5. The summed E-state index contributed by atoms with van der Waals surface area (Å²) in [4.78, 5) is 14.8. The predicted octanol–water partition coefficient (Wildman–Crippen LogP) is 4.75. The number of hydrogen-bond acceptors (Lipinski definition) is 4. The van der Waals surface area contributed by atoms with Gasteiger partial charge < -0.3 is 10.2 Å². The molecule has 1 aliphatic heterocycles. The molecule has 2 aromatic rings. The lowest BCUT2D eigenvalue weighted by molar-refractivity contribution is 0.0947. The van der Waals surface area contributed by atoms with Gasteiger partial charge in [0, 0.05) is 40.5 Å². The van der Waals surface area contributed by atoms with Gasteiger partial charge in [-0.05, 0) is 62.1 Å². The Hall–Kier alpha value is -2.31. The highest BCUT2D eigenvalue weighted by Gasteiger charge is 2.26. The minimum atomic E-state index is -3.22. The van der Waals surface area contributed by atoms with Crippen molar-refractivity contribution in [2.24, 2.45) is 0 Å². The molecule has 2 aromatic carbocycles. The van der Waals surface area contributed by atoms with Gasteiger partial charge in [0.1, 0.15) is 0 Å². The van der Waals surface area contributed by atoms with Crippen LogP contribution in [0.3, 0.4) is 0 Å². The third kappa shape index (κ3) is 5.86.